The SMILES string of the molecule is C[C@@H](C(=O)Nc1ccc(Cl)cn1)N1CCC[C@@H](c2ccc(=O)[nH]n2)C1. The summed E-state index contributed by atoms with van der Waals surface area (Å²) < 4.78 is 0. The molecule has 1 aliphatic rings. The minimum absolute atomic E-state index is 0.107. The van der Waals surface area contributed by atoms with Gasteiger partial charge in [-0.2, -0.15) is 5.10 Å². The quantitative estimate of drug-likeness (QED) is 0.869. The summed E-state index contributed by atoms with van der Waals surface area (Å²) in [6.45, 7) is 3.46. The number of nitrogens with one attached hydrogen (secondary N) is 2. The van der Waals surface area contributed by atoms with Crippen molar-refractivity contribution in [3.05, 3.63) is 51.5 Å². The molecule has 1 aliphatic heterocycles. The van der Waals surface area contributed by atoms with Crippen LogP contribution in [0.1, 0.15) is 31.4 Å². The average Bonchev–Trinajstić information content (AvgIpc) is 2.63. The van der Waals surface area contributed by atoms with E-state index in [1.165, 1.54) is 12.3 Å². The molecular weight excluding hydrogens is 342 g/mol. The first-order valence-electron chi connectivity index (χ1n) is 8.25. The van der Waals surface area contributed by atoms with Crippen molar-refractivity contribution in [2.24, 2.45) is 0 Å². The van der Waals surface area contributed by atoms with E-state index in [2.05, 4.69) is 25.4 Å². The van der Waals surface area contributed by atoms with Gasteiger partial charge in [-0.15, -0.1) is 0 Å². The normalized spacial score (nSPS) is 19.4. The number of aromatic amines is 1. The van der Waals surface area contributed by atoms with E-state index in [-0.39, 0.29) is 23.4 Å². The number of rotatable bonds is 4. The van der Waals surface area contributed by atoms with E-state index in [1.807, 2.05) is 6.92 Å². The number of H-pyrrole nitrogens is 1. The zero-order chi connectivity index (χ0) is 17.8. The lowest BCUT2D eigenvalue weighted by Gasteiger charge is -2.35. The van der Waals surface area contributed by atoms with Gasteiger partial charge in [-0.3, -0.25) is 14.5 Å². The second-order valence-electron chi connectivity index (χ2n) is 6.21. The van der Waals surface area contributed by atoms with Gasteiger partial charge in [-0.25, -0.2) is 10.1 Å². The van der Waals surface area contributed by atoms with Gasteiger partial charge in [0.2, 0.25) is 5.91 Å². The summed E-state index contributed by atoms with van der Waals surface area (Å²) in [6.07, 6.45) is 3.46. The molecule has 0 radical (unpaired) electrons. The third-order valence-electron chi connectivity index (χ3n) is 4.48. The van der Waals surface area contributed by atoms with Crippen molar-refractivity contribution in [1.29, 1.82) is 0 Å². The molecule has 3 rings (SSSR count). The Morgan fingerprint density at radius 2 is 2.24 bits per heavy atom. The lowest BCUT2D eigenvalue weighted by Crippen LogP contribution is -2.46. The minimum atomic E-state index is -0.289. The van der Waals surface area contributed by atoms with Gasteiger partial charge in [0.1, 0.15) is 5.82 Å². The molecule has 132 valence electrons. The topological polar surface area (TPSA) is 91.0 Å². The maximum absolute atomic E-state index is 12.5. The molecule has 1 saturated heterocycles. The molecular formula is C17H20ClN5O2. The van der Waals surface area contributed by atoms with Crippen molar-refractivity contribution in [3.8, 4) is 0 Å². The van der Waals surface area contributed by atoms with Crippen molar-refractivity contribution < 1.29 is 4.79 Å². The third-order valence-corrected chi connectivity index (χ3v) is 4.70. The van der Waals surface area contributed by atoms with Crippen LogP contribution in [0.5, 0.6) is 0 Å². The largest absolute Gasteiger partial charge is 0.309 e. The summed E-state index contributed by atoms with van der Waals surface area (Å²) in [5, 5.41) is 9.95. The first-order chi connectivity index (χ1) is 12.0. The zero-order valence-electron chi connectivity index (χ0n) is 13.9. The van der Waals surface area contributed by atoms with Gasteiger partial charge < -0.3 is 5.32 Å². The van der Waals surface area contributed by atoms with Gasteiger partial charge in [-0.1, -0.05) is 11.6 Å². The molecule has 0 aromatic carbocycles. The molecule has 2 aromatic heterocycles. The minimum Gasteiger partial charge on any atom is -0.309 e. The highest BCUT2D eigenvalue weighted by molar-refractivity contribution is 6.30. The third kappa shape index (κ3) is 4.43. The first kappa shape index (κ1) is 17.6. The summed E-state index contributed by atoms with van der Waals surface area (Å²) in [5.74, 6) is 0.580. The van der Waals surface area contributed by atoms with Crippen LogP contribution in [0.25, 0.3) is 0 Å². The van der Waals surface area contributed by atoms with Gasteiger partial charge >= 0.3 is 0 Å². The fourth-order valence-corrected chi connectivity index (χ4v) is 3.14. The molecule has 2 atom stereocenters. The molecule has 8 heteroatoms. The number of carbonyl (C=O) groups excluding carboxylic acids is 1. The number of hydrogen-bond donors (Lipinski definition) is 2. The van der Waals surface area contributed by atoms with Gasteiger partial charge in [0, 0.05) is 24.7 Å². The highest BCUT2D eigenvalue weighted by Crippen LogP contribution is 2.26. The van der Waals surface area contributed by atoms with E-state index >= 15 is 0 Å². The monoisotopic (exact) mass is 361 g/mol. The molecule has 7 nitrogen and oxygen atoms in total. The van der Waals surface area contributed by atoms with Crippen molar-refractivity contribution >= 4 is 23.3 Å². The molecule has 0 bridgehead atoms. The Kier molecular flexibility index (Phi) is 5.45. The molecule has 3 heterocycles. The number of anilines is 1. The van der Waals surface area contributed by atoms with Crippen LogP contribution >= 0.6 is 11.6 Å². The second kappa shape index (κ2) is 7.76. The van der Waals surface area contributed by atoms with Crippen molar-refractivity contribution in [2.45, 2.75) is 31.7 Å². The maximum Gasteiger partial charge on any atom is 0.264 e. The number of pyridine rings is 1. The highest BCUT2D eigenvalue weighted by atomic mass is 35.5. The molecule has 0 saturated carbocycles. The lowest BCUT2D eigenvalue weighted by atomic mass is 9.93. The van der Waals surface area contributed by atoms with Gasteiger partial charge in [0.05, 0.1) is 16.8 Å². The number of amides is 1. The molecule has 0 unspecified atom stereocenters. The maximum atomic E-state index is 12.5. The lowest BCUT2D eigenvalue weighted by molar-refractivity contribution is -0.121. The zero-order valence-corrected chi connectivity index (χ0v) is 14.7. The van der Waals surface area contributed by atoms with Crippen molar-refractivity contribution in [2.75, 3.05) is 18.4 Å². The summed E-state index contributed by atoms with van der Waals surface area (Å²) >= 11 is 5.81. The summed E-state index contributed by atoms with van der Waals surface area (Å²) in [6, 6.07) is 6.33. The molecule has 25 heavy (non-hydrogen) atoms. The summed E-state index contributed by atoms with van der Waals surface area (Å²) in [5.41, 5.74) is 0.649. The Hall–Kier alpha value is -2.25. The van der Waals surface area contributed by atoms with E-state index < -0.39 is 0 Å². The molecule has 2 N–H and O–H groups in total. The smallest absolute Gasteiger partial charge is 0.264 e. The number of nitrogens with zero attached hydrogens (tertiary/aromatic N) is 3. The van der Waals surface area contributed by atoms with E-state index in [0.29, 0.717) is 10.8 Å². The number of aromatic nitrogens is 3. The molecule has 1 fully saturated rings. The Bertz CT molecular complexity index is 772. The summed E-state index contributed by atoms with van der Waals surface area (Å²) in [7, 11) is 0. The van der Waals surface area contributed by atoms with E-state index in [1.54, 1.807) is 18.2 Å². The number of piperidine rings is 1. The average molecular weight is 362 g/mol. The van der Waals surface area contributed by atoms with Crippen LogP contribution in [0, 0.1) is 0 Å². The predicted octanol–water partition coefficient (Wildman–Crippen LogP) is 2.02. The standard InChI is InChI=1S/C17H20ClN5O2/c1-11(17(25)20-15-6-4-13(18)9-19-15)23-8-2-3-12(10-23)14-5-7-16(24)22-21-14/h4-7,9,11-12H,2-3,8,10H2,1H3,(H,22,24)(H,19,20,25)/t11-,12+/m0/s1. The first-order valence-corrected chi connectivity index (χ1v) is 8.63. The number of likely N-dealkylation sites (tertiary alicyclic amines) is 1. The van der Waals surface area contributed by atoms with Crippen LogP contribution in [-0.4, -0.2) is 45.1 Å². The predicted molar refractivity (Wildman–Crippen MR) is 95.7 cm³/mol. The number of carbonyl (C=O) groups is 1. The fraction of sp³-hybridized carbons (Fsp3) is 0.412. The van der Waals surface area contributed by atoms with Crippen LogP contribution in [0.15, 0.2) is 35.3 Å². The Morgan fingerprint density at radius 1 is 1.40 bits per heavy atom. The van der Waals surface area contributed by atoms with Gasteiger partial charge in [0.15, 0.2) is 0 Å². The second-order valence-corrected chi connectivity index (χ2v) is 6.64. The summed E-state index contributed by atoms with van der Waals surface area (Å²) in [4.78, 5) is 29.9. The number of hydrogen-bond acceptors (Lipinski definition) is 5. The van der Waals surface area contributed by atoms with Crippen LogP contribution in [0.4, 0.5) is 5.82 Å². The van der Waals surface area contributed by atoms with Crippen LogP contribution in [0.2, 0.25) is 5.02 Å². The molecule has 1 amide bonds. The van der Waals surface area contributed by atoms with E-state index in [4.69, 9.17) is 11.6 Å². The Morgan fingerprint density at radius 3 is 2.92 bits per heavy atom. The van der Waals surface area contributed by atoms with Crippen LogP contribution < -0.4 is 10.9 Å². The molecule has 0 spiro atoms. The van der Waals surface area contributed by atoms with E-state index in [0.717, 1.165) is 31.6 Å². The van der Waals surface area contributed by atoms with Crippen LogP contribution in [0.3, 0.4) is 0 Å². The molecule has 2 aromatic rings. The Labute approximate surface area is 150 Å². The van der Waals surface area contributed by atoms with Crippen molar-refractivity contribution in [3.63, 3.8) is 0 Å². The van der Waals surface area contributed by atoms with Crippen molar-refractivity contribution in [1.82, 2.24) is 20.1 Å². The fourth-order valence-electron chi connectivity index (χ4n) is 3.03. The van der Waals surface area contributed by atoms with E-state index in [9.17, 15) is 9.59 Å². The van der Waals surface area contributed by atoms with Gasteiger partial charge in [0.25, 0.3) is 5.56 Å². The van der Waals surface area contributed by atoms with Gasteiger partial charge in [-0.05, 0) is 44.5 Å². The van der Waals surface area contributed by atoms with Crippen LogP contribution in [-0.2, 0) is 4.79 Å². The highest BCUT2D eigenvalue weighted by Gasteiger charge is 2.29. The Balaban J connectivity index is 1.63. The number of halogens is 1. The molecule has 0 aliphatic carbocycles.